The van der Waals surface area contributed by atoms with E-state index < -0.39 is 37.3 Å². The Kier molecular flexibility index (Phi) is 3.47. The third-order valence-electron chi connectivity index (χ3n) is 3.53. The molecular weight excluding hydrogens is 288 g/mol. The number of ether oxygens (including phenoxy) is 1. The fourth-order valence-corrected chi connectivity index (χ4v) is 2.37. The monoisotopic (exact) mass is 303 g/mol. The maximum atomic E-state index is 10.1. The van der Waals surface area contributed by atoms with Crippen molar-refractivity contribution in [3.05, 3.63) is 12.7 Å². The van der Waals surface area contributed by atoms with Gasteiger partial charge in [-0.25, -0.2) is 15.0 Å². The fourth-order valence-electron chi connectivity index (χ4n) is 2.37. The van der Waals surface area contributed by atoms with Crippen molar-refractivity contribution in [1.29, 1.82) is 0 Å². The number of aliphatic hydroxyl groups excluding tert-OH is 4. The molecule has 10 nitrogen and oxygen atoms in total. The van der Waals surface area contributed by atoms with E-state index in [-0.39, 0.29) is 5.82 Å². The van der Waals surface area contributed by atoms with E-state index in [2.05, 4.69) is 15.0 Å². The van der Waals surface area contributed by atoms with Gasteiger partial charge in [-0.1, -0.05) is 0 Å². The van der Waals surface area contributed by atoms with Gasteiger partial charge in [0.1, 0.15) is 36.3 Å². The molecule has 6 N–H and O–H groups in total. The lowest BCUT2D eigenvalue weighted by Crippen LogP contribution is -2.56. The molecule has 10 heteroatoms. The minimum Gasteiger partial charge on any atom is -0.394 e. The number of imidazole rings is 1. The van der Waals surface area contributed by atoms with E-state index in [1.54, 1.807) is 0 Å². The first-order valence-electron chi connectivity index (χ1n) is 6.28. The van der Waals surface area contributed by atoms with Crippen LogP contribution in [0.5, 0.6) is 0 Å². The van der Waals surface area contributed by atoms with Gasteiger partial charge in [0, 0.05) is 0 Å². The molecule has 0 amide bonds. The normalized spacial score (nSPS) is 33.4. The molecule has 2 aromatic rings. The van der Waals surface area contributed by atoms with Gasteiger partial charge < -0.3 is 30.9 Å². The van der Waals surface area contributed by atoms with Crippen LogP contribution in [0.3, 0.4) is 0 Å². The Morgan fingerprint density at radius 1 is 1.14 bits per heavy atom. The van der Waals surface area contributed by atoms with Crippen LogP contribution in [-0.4, -0.2) is 71.0 Å². The first-order chi connectivity index (χ1) is 10.0. The molecule has 3 rings (SSSR count). The summed E-state index contributed by atoms with van der Waals surface area (Å²) >= 11 is 0. The lowest BCUT2D eigenvalue weighted by molar-refractivity contribution is -0.250. The Bertz CT molecular complexity index is 647. The minimum atomic E-state index is -1.47. The third-order valence-corrected chi connectivity index (χ3v) is 3.53. The lowest BCUT2D eigenvalue weighted by Gasteiger charge is -2.40. The van der Waals surface area contributed by atoms with E-state index in [4.69, 9.17) is 10.5 Å². The molecule has 2 aromatic heterocycles. The van der Waals surface area contributed by atoms with Crippen molar-refractivity contribution in [1.82, 2.24) is 19.5 Å². The summed E-state index contributed by atoms with van der Waals surface area (Å²) < 4.78 is 6.81. The van der Waals surface area contributed by atoms with Gasteiger partial charge >= 0.3 is 0 Å². The van der Waals surface area contributed by atoms with Crippen molar-refractivity contribution < 1.29 is 25.2 Å². The number of hydrogen-bond donors (Lipinski definition) is 5. The molecule has 0 aliphatic carbocycles. The summed E-state index contributed by atoms with van der Waals surface area (Å²) in [4.78, 5) is 11.9. The first kappa shape index (κ1) is 14.1. The van der Waals surface area contributed by atoms with Crippen molar-refractivity contribution >= 4 is 17.0 Å². The molecule has 114 valence electrons. The molecule has 3 heterocycles. The van der Waals surface area contributed by atoms with Crippen LogP contribution in [0, 0.1) is 0 Å². The quantitative estimate of drug-likeness (QED) is 0.374. The average Bonchev–Trinajstić information content (AvgIpc) is 2.91. The number of aromatic nitrogens is 4. The Hall–Kier alpha value is -1.85. The van der Waals surface area contributed by atoms with Crippen LogP contribution in [0.2, 0.25) is 0 Å². The van der Waals surface area contributed by atoms with E-state index in [0.29, 0.717) is 11.2 Å². The molecular formula is C11H15N5O5. The summed E-state index contributed by atoms with van der Waals surface area (Å²) in [5, 5.41) is 38.8. The van der Waals surface area contributed by atoms with Gasteiger partial charge in [0.05, 0.1) is 12.9 Å². The molecule has 0 bridgehead atoms. The minimum absolute atomic E-state index is 0.170. The van der Waals surface area contributed by atoms with Gasteiger partial charge in [-0.15, -0.1) is 0 Å². The molecule has 1 aliphatic rings. The molecule has 5 atom stereocenters. The zero-order valence-electron chi connectivity index (χ0n) is 10.8. The fraction of sp³-hybridized carbons (Fsp3) is 0.545. The third kappa shape index (κ3) is 2.13. The largest absolute Gasteiger partial charge is 0.394 e. The Morgan fingerprint density at radius 3 is 2.62 bits per heavy atom. The van der Waals surface area contributed by atoms with Crippen LogP contribution in [-0.2, 0) is 4.74 Å². The van der Waals surface area contributed by atoms with E-state index in [0.717, 1.165) is 0 Å². The molecule has 0 unspecified atom stereocenters. The summed E-state index contributed by atoms with van der Waals surface area (Å²) in [5.74, 6) is 0.170. The number of nitrogen functional groups attached to an aromatic ring is 1. The highest BCUT2D eigenvalue weighted by Gasteiger charge is 2.44. The van der Waals surface area contributed by atoms with Gasteiger partial charge in [-0.3, -0.25) is 4.57 Å². The summed E-state index contributed by atoms with van der Waals surface area (Å²) in [7, 11) is 0. The van der Waals surface area contributed by atoms with Gasteiger partial charge in [-0.2, -0.15) is 0 Å². The van der Waals surface area contributed by atoms with Crippen LogP contribution < -0.4 is 5.73 Å². The molecule has 0 saturated carbocycles. The highest BCUT2D eigenvalue weighted by molar-refractivity contribution is 5.81. The maximum absolute atomic E-state index is 10.1. The van der Waals surface area contributed by atoms with Crippen LogP contribution in [0.25, 0.3) is 11.2 Å². The molecule has 0 spiro atoms. The molecule has 1 saturated heterocycles. The SMILES string of the molecule is Nc1ncnc2c1ncn2[13C@@H]1O[13C@H]([13CH2]O)[13C@@H](O)[13C@H](O)[13C@H]1O. The zero-order valence-corrected chi connectivity index (χ0v) is 10.8. The molecule has 1 fully saturated rings. The second-order valence-corrected chi connectivity index (χ2v) is 4.80. The second kappa shape index (κ2) is 5.16. The number of aliphatic hydroxyl groups is 4. The topological polar surface area (TPSA) is 160 Å². The number of nitrogens with two attached hydrogens (primary N) is 1. The van der Waals surface area contributed by atoms with Crippen LogP contribution in [0.15, 0.2) is 12.7 Å². The van der Waals surface area contributed by atoms with E-state index >= 15 is 0 Å². The molecule has 21 heavy (non-hydrogen) atoms. The summed E-state index contributed by atoms with van der Waals surface area (Å²) in [5.41, 5.74) is 6.32. The molecule has 0 radical (unpaired) electrons. The predicted molar refractivity (Wildman–Crippen MR) is 68.8 cm³/mol. The van der Waals surface area contributed by atoms with Crippen molar-refractivity contribution in [2.45, 2.75) is 30.6 Å². The van der Waals surface area contributed by atoms with Crippen molar-refractivity contribution in [2.24, 2.45) is 0 Å². The first-order valence-corrected chi connectivity index (χ1v) is 6.28. The molecule has 0 aromatic carbocycles. The van der Waals surface area contributed by atoms with Crippen LogP contribution >= 0.6 is 0 Å². The van der Waals surface area contributed by atoms with Crippen molar-refractivity contribution in [3.63, 3.8) is 0 Å². The summed E-state index contributed by atoms with van der Waals surface area (Å²) in [6.07, 6.45) is -3.82. The van der Waals surface area contributed by atoms with Crippen LogP contribution in [0.4, 0.5) is 5.82 Å². The maximum Gasteiger partial charge on any atom is 0.167 e. The Morgan fingerprint density at radius 2 is 1.90 bits per heavy atom. The Labute approximate surface area is 118 Å². The zero-order chi connectivity index (χ0) is 15.1. The van der Waals surface area contributed by atoms with E-state index in [9.17, 15) is 20.4 Å². The predicted octanol–water partition coefficient (Wildman–Crippen LogP) is -2.62. The highest BCUT2D eigenvalue weighted by Crippen LogP contribution is 2.30. The number of anilines is 1. The Balaban J connectivity index is 2.03. The van der Waals surface area contributed by atoms with Crippen molar-refractivity contribution in [3.8, 4) is 0 Å². The van der Waals surface area contributed by atoms with Gasteiger partial charge in [0.2, 0.25) is 0 Å². The van der Waals surface area contributed by atoms with Crippen molar-refractivity contribution in [2.75, 3.05) is 12.3 Å². The van der Waals surface area contributed by atoms with Gasteiger partial charge in [0.25, 0.3) is 0 Å². The smallest absolute Gasteiger partial charge is 0.167 e. The average molecular weight is 303 g/mol. The molecule has 1 aliphatic heterocycles. The number of hydrogen-bond acceptors (Lipinski definition) is 9. The number of nitrogens with zero attached hydrogens (tertiary/aromatic N) is 4. The van der Waals surface area contributed by atoms with E-state index in [1.807, 2.05) is 0 Å². The van der Waals surface area contributed by atoms with Gasteiger partial charge in [-0.05, 0) is 0 Å². The lowest BCUT2D eigenvalue weighted by atomic mass is 10.5. The summed E-state index contributed by atoms with van der Waals surface area (Å²) in [6, 6.07) is 0. The van der Waals surface area contributed by atoms with E-state index in [1.165, 1.54) is 17.2 Å². The van der Waals surface area contributed by atoms with Crippen LogP contribution in [0.1, 0.15) is 6.23 Å². The number of fused-ring (bicyclic) bond motifs is 1. The number of rotatable bonds is 2. The van der Waals surface area contributed by atoms with Gasteiger partial charge in [0.15, 0.2) is 17.7 Å². The summed E-state index contributed by atoms with van der Waals surface area (Å²) in [6.45, 7) is -0.509. The second-order valence-electron chi connectivity index (χ2n) is 4.80. The standard InChI is InChI=1S/C11H15N5O5/c12-9-5-10(14-2-13-9)16(3-15-5)11-8(20)7(19)6(18)4(1-17)21-11/h2-4,6-8,11,17-20H,1H2,(H2,12,13,14)/t4-,6-,7+,8-,11-/m1/s1/i1+1,4+1,6+1,7+1,8+1,11+1. The highest BCUT2D eigenvalue weighted by atomic mass is 16.7.